The number of hydrogen-bond acceptors (Lipinski definition) is 2. The summed E-state index contributed by atoms with van der Waals surface area (Å²) in [5.74, 6) is -0.878. The minimum absolute atomic E-state index is 0.340. The van der Waals surface area contributed by atoms with Gasteiger partial charge in [-0.1, -0.05) is 12.5 Å². The summed E-state index contributed by atoms with van der Waals surface area (Å²) in [6.07, 6.45) is 5.96. The molecule has 1 aliphatic carbocycles. The van der Waals surface area contributed by atoms with Gasteiger partial charge in [0.05, 0.1) is 5.56 Å². The van der Waals surface area contributed by atoms with Gasteiger partial charge in [0.2, 0.25) is 0 Å². The number of fused-ring (bicyclic) bond motifs is 1. The summed E-state index contributed by atoms with van der Waals surface area (Å²) in [7, 11) is 1.96. The molecule has 1 aromatic heterocycles. The van der Waals surface area contributed by atoms with Gasteiger partial charge in [-0.3, -0.25) is 0 Å². The van der Waals surface area contributed by atoms with Crippen LogP contribution in [0.25, 0.3) is 10.9 Å². The van der Waals surface area contributed by atoms with Crippen molar-refractivity contribution in [2.45, 2.75) is 31.8 Å². The average molecular weight is 258 g/mol. The topological polar surface area (TPSA) is 54.3 Å². The van der Waals surface area contributed by atoms with E-state index in [0.717, 1.165) is 17.4 Å². The molecule has 0 aliphatic heterocycles. The quantitative estimate of drug-likeness (QED) is 0.886. The molecule has 0 atom stereocenters. The maximum Gasteiger partial charge on any atom is 0.335 e. The molecule has 1 aromatic carbocycles. The second kappa shape index (κ2) is 4.70. The molecule has 1 aliphatic rings. The molecule has 0 saturated heterocycles. The summed E-state index contributed by atoms with van der Waals surface area (Å²) in [6.45, 7) is 0.856. The molecule has 2 aromatic rings. The third kappa shape index (κ3) is 2.24. The minimum atomic E-state index is -0.878. The van der Waals surface area contributed by atoms with Gasteiger partial charge < -0.3 is 15.0 Å². The first-order valence-corrected chi connectivity index (χ1v) is 6.70. The van der Waals surface area contributed by atoms with Crippen LogP contribution in [0, 0.1) is 0 Å². The van der Waals surface area contributed by atoms with Crippen LogP contribution in [0.4, 0.5) is 0 Å². The van der Waals surface area contributed by atoms with Gasteiger partial charge in [0.1, 0.15) is 0 Å². The van der Waals surface area contributed by atoms with Crippen molar-refractivity contribution in [3.05, 3.63) is 35.5 Å². The van der Waals surface area contributed by atoms with E-state index in [0.29, 0.717) is 11.6 Å². The number of aromatic nitrogens is 1. The van der Waals surface area contributed by atoms with Crippen molar-refractivity contribution in [1.82, 2.24) is 9.88 Å². The van der Waals surface area contributed by atoms with Gasteiger partial charge in [-0.15, -0.1) is 0 Å². The van der Waals surface area contributed by atoms with Crippen molar-refractivity contribution in [2.75, 3.05) is 0 Å². The third-order valence-corrected chi connectivity index (χ3v) is 4.01. The normalized spacial score (nSPS) is 15.6. The number of nitrogens with one attached hydrogen (secondary N) is 1. The zero-order valence-electron chi connectivity index (χ0n) is 11.0. The second-order valence-electron chi connectivity index (χ2n) is 5.31. The first-order chi connectivity index (χ1) is 9.15. The Kier molecular flexibility index (Phi) is 3.03. The Morgan fingerprint density at radius 1 is 1.47 bits per heavy atom. The molecule has 1 saturated carbocycles. The van der Waals surface area contributed by atoms with Crippen molar-refractivity contribution >= 4 is 16.9 Å². The second-order valence-corrected chi connectivity index (χ2v) is 5.31. The zero-order chi connectivity index (χ0) is 13.4. The van der Waals surface area contributed by atoms with Crippen LogP contribution in [0.3, 0.4) is 0 Å². The monoisotopic (exact) mass is 258 g/mol. The van der Waals surface area contributed by atoms with E-state index in [4.69, 9.17) is 5.11 Å². The fourth-order valence-electron chi connectivity index (χ4n) is 2.61. The third-order valence-electron chi connectivity index (χ3n) is 4.01. The first-order valence-electron chi connectivity index (χ1n) is 6.70. The molecule has 4 nitrogen and oxygen atoms in total. The Morgan fingerprint density at radius 3 is 2.89 bits per heavy atom. The number of hydrogen-bond donors (Lipinski definition) is 2. The molecule has 2 N–H and O–H groups in total. The summed E-state index contributed by atoms with van der Waals surface area (Å²) < 4.78 is 2.00. The number of nitrogens with zero attached hydrogens (tertiary/aromatic N) is 1. The zero-order valence-corrected chi connectivity index (χ0v) is 11.0. The van der Waals surface area contributed by atoms with Crippen LogP contribution in [0.1, 0.15) is 35.2 Å². The van der Waals surface area contributed by atoms with Crippen molar-refractivity contribution in [1.29, 1.82) is 0 Å². The average Bonchev–Trinajstić information content (AvgIpc) is 2.64. The van der Waals surface area contributed by atoms with Gasteiger partial charge >= 0.3 is 5.97 Å². The molecule has 0 unspecified atom stereocenters. The Labute approximate surface area is 112 Å². The number of carbonyl (C=O) groups is 1. The van der Waals surface area contributed by atoms with Gasteiger partial charge in [-0.05, 0) is 30.5 Å². The largest absolute Gasteiger partial charge is 0.478 e. The van der Waals surface area contributed by atoms with Crippen molar-refractivity contribution in [2.24, 2.45) is 7.05 Å². The summed E-state index contributed by atoms with van der Waals surface area (Å²) in [6, 6.07) is 5.99. The van der Waals surface area contributed by atoms with Gasteiger partial charge in [0.25, 0.3) is 0 Å². The Balaban J connectivity index is 1.90. The summed E-state index contributed by atoms with van der Waals surface area (Å²) >= 11 is 0. The standard InChI is InChI=1S/C15H18N2O2/c1-17-9-11(8-16-12-3-2-4-12)13-6-5-10(15(18)19)7-14(13)17/h5-7,9,12,16H,2-4,8H2,1H3,(H,18,19). The Hall–Kier alpha value is -1.81. The molecule has 0 bridgehead atoms. The van der Waals surface area contributed by atoms with Crippen LogP contribution < -0.4 is 5.32 Å². The van der Waals surface area contributed by atoms with E-state index in [2.05, 4.69) is 11.5 Å². The van der Waals surface area contributed by atoms with E-state index in [-0.39, 0.29) is 0 Å². The van der Waals surface area contributed by atoms with Crippen LogP contribution in [-0.4, -0.2) is 21.7 Å². The highest BCUT2D eigenvalue weighted by molar-refractivity contribution is 5.94. The van der Waals surface area contributed by atoms with Crippen LogP contribution >= 0.6 is 0 Å². The number of aromatic carboxylic acids is 1. The molecule has 4 heteroatoms. The predicted molar refractivity (Wildman–Crippen MR) is 74.4 cm³/mol. The number of aryl methyl sites for hydroxylation is 1. The van der Waals surface area contributed by atoms with Crippen molar-refractivity contribution in [3.63, 3.8) is 0 Å². The maximum atomic E-state index is 11.0. The van der Waals surface area contributed by atoms with Crippen molar-refractivity contribution in [3.8, 4) is 0 Å². The van der Waals surface area contributed by atoms with Gasteiger partial charge in [-0.25, -0.2) is 4.79 Å². The summed E-state index contributed by atoms with van der Waals surface area (Å²) in [5.41, 5.74) is 2.55. The van der Waals surface area contributed by atoms with E-state index in [9.17, 15) is 4.79 Å². The lowest BCUT2D eigenvalue weighted by atomic mass is 9.93. The molecule has 0 spiro atoms. The number of benzene rings is 1. The van der Waals surface area contributed by atoms with E-state index in [1.807, 2.05) is 17.7 Å². The molecule has 0 amide bonds. The lowest BCUT2D eigenvalue weighted by Crippen LogP contribution is -2.34. The first kappa shape index (κ1) is 12.2. The van der Waals surface area contributed by atoms with E-state index >= 15 is 0 Å². The van der Waals surface area contributed by atoms with Crippen LogP contribution in [-0.2, 0) is 13.6 Å². The van der Waals surface area contributed by atoms with E-state index < -0.39 is 5.97 Å². The highest BCUT2D eigenvalue weighted by Crippen LogP contribution is 2.24. The van der Waals surface area contributed by atoms with Gasteiger partial charge in [0, 0.05) is 36.7 Å². The van der Waals surface area contributed by atoms with Crippen LogP contribution in [0.2, 0.25) is 0 Å². The smallest absolute Gasteiger partial charge is 0.335 e. The fraction of sp³-hybridized carbons (Fsp3) is 0.400. The molecule has 3 rings (SSSR count). The molecule has 1 heterocycles. The van der Waals surface area contributed by atoms with Crippen molar-refractivity contribution < 1.29 is 9.90 Å². The van der Waals surface area contributed by atoms with Crippen LogP contribution in [0.5, 0.6) is 0 Å². The lowest BCUT2D eigenvalue weighted by molar-refractivity contribution is 0.0697. The summed E-state index contributed by atoms with van der Waals surface area (Å²) in [4.78, 5) is 11.0. The van der Waals surface area contributed by atoms with Gasteiger partial charge in [0.15, 0.2) is 0 Å². The number of carboxylic acids is 1. The molecular formula is C15H18N2O2. The van der Waals surface area contributed by atoms with Gasteiger partial charge in [-0.2, -0.15) is 0 Å². The summed E-state index contributed by atoms with van der Waals surface area (Å²) in [5, 5.41) is 13.7. The Bertz CT molecular complexity index is 626. The molecule has 0 radical (unpaired) electrons. The highest BCUT2D eigenvalue weighted by Gasteiger charge is 2.17. The molecule has 19 heavy (non-hydrogen) atoms. The molecule has 100 valence electrons. The van der Waals surface area contributed by atoms with E-state index in [1.54, 1.807) is 12.1 Å². The number of rotatable bonds is 4. The Morgan fingerprint density at radius 2 is 2.26 bits per heavy atom. The van der Waals surface area contributed by atoms with E-state index in [1.165, 1.54) is 24.8 Å². The predicted octanol–water partition coefficient (Wildman–Crippen LogP) is 2.52. The molecule has 1 fully saturated rings. The minimum Gasteiger partial charge on any atom is -0.478 e. The highest BCUT2D eigenvalue weighted by atomic mass is 16.4. The lowest BCUT2D eigenvalue weighted by Gasteiger charge is -2.26. The molecular weight excluding hydrogens is 240 g/mol. The SMILES string of the molecule is Cn1cc(CNC2CCC2)c2ccc(C(=O)O)cc21. The maximum absolute atomic E-state index is 11.0. The fourth-order valence-corrected chi connectivity index (χ4v) is 2.61. The van der Waals surface area contributed by atoms with Crippen LogP contribution in [0.15, 0.2) is 24.4 Å². The number of carboxylic acid groups (broad SMARTS) is 1.